The quantitative estimate of drug-likeness (QED) is 0.791. The van der Waals surface area contributed by atoms with E-state index in [1.807, 2.05) is 24.3 Å². The van der Waals surface area contributed by atoms with Crippen LogP contribution in [-0.4, -0.2) is 63.5 Å². The van der Waals surface area contributed by atoms with E-state index in [0.29, 0.717) is 24.9 Å². The maximum absolute atomic E-state index is 13.1. The molecule has 0 aliphatic carbocycles. The van der Waals surface area contributed by atoms with Crippen molar-refractivity contribution in [3.63, 3.8) is 0 Å². The number of nitrogens with one attached hydrogen (secondary N) is 1. The number of anilines is 1. The summed E-state index contributed by atoms with van der Waals surface area (Å²) in [6.45, 7) is 6.15. The summed E-state index contributed by atoms with van der Waals surface area (Å²) in [5.41, 5.74) is 0.906. The maximum atomic E-state index is 13.1. The minimum absolute atomic E-state index is 0.189. The summed E-state index contributed by atoms with van der Waals surface area (Å²) in [6.07, 6.45) is 2.31. The zero-order valence-electron chi connectivity index (χ0n) is 15.2. The first-order valence-corrected chi connectivity index (χ1v) is 10.2. The second-order valence-electron chi connectivity index (χ2n) is 6.59. The minimum atomic E-state index is -0.189. The zero-order valence-corrected chi connectivity index (χ0v) is 16.0. The molecule has 27 heavy (non-hydrogen) atoms. The number of amides is 1. The number of rotatable bonds is 6. The summed E-state index contributed by atoms with van der Waals surface area (Å²) in [7, 11) is 0. The molecule has 1 aromatic carbocycles. The van der Waals surface area contributed by atoms with E-state index in [4.69, 9.17) is 14.2 Å². The Labute approximate surface area is 162 Å². The van der Waals surface area contributed by atoms with Gasteiger partial charge < -0.3 is 19.1 Å². The average molecular weight is 390 g/mol. The first kappa shape index (κ1) is 18.2. The molecule has 2 aliphatic heterocycles. The number of para-hydroxylation sites is 1. The van der Waals surface area contributed by atoms with Crippen molar-refractivity contribution in [1.29, 1.82) is 0 Å². The number of thiazole rings is 1. The molecular weight excluding hydrogens is 366 g/mol. The van der Waals surface area contributed by atoms with Gasteiger partial charge in [-0.3, -0.25) is 9.69 Å². The van der Waals surface area contributed by atoms with Gasteiger partial charge in [-0.1, -0.05) is 23.5 Å². The summed E-state index contributed by atoms with van der Waals surface area (Å²) in [5, 5.41) is 0.702. The van der Waals surface area contributed by atoms with Gasteiger partial charge >= 0.3 is 0 Å². The number of nitrogens with zero attached hydrogens (tertiary/aromatic N) is 2. The van der Waals surface area contributed by atoms with Crippen molar-refractivity contribution in [1.82, 2.24) is 4.98 Å². The van der Waals surface area contributed by atoms with Crippen LogP contribution in [-0.2, 0) is 19.0 Å². The molecule has 0 bridgehead atoms. The van der Waals surface area contributed by atoms with Crippen molar-refractivity contribution in [3.8, 4) is 0 Å². The van der Waals surface area contributed by atoms with Gasteiger partial charge in [0.2, 0.25) is 5.76 Å². The van der Waals surface area contributed by atoms with E-state index >= 15 is 0 Å². The SMILES string of the molecule is O=C(C1=COCCO1)N(CCC[NH+]1CCOCC1)c1nc2ccccc2s1. The van der Waals surface area contributed by atoms with Crippen LogP contribution in [0.4, 0.5) is 5.13 Å². The van der Waals surface area contributed by atoms with Gasteiger partial charge in [0.25, 0.3) is 5.91 Å². The highest BCUT2D eigenvalue weighted by Gasteiger charge is 2.26. The molecule has 1 N–H and O–H groups in total. The predicted molar refractivity (Wildman–Crippen MR) is 103 cm³/mol. The highest BCUT2D eigenvalue weighted by molar-refractivity contribution is 7.22. The third-order valence-corrected chi connectivity index (χ3v) is 5.79. The smallest absolute Gasteiger partial charge is 0.298 e. The predicted octanol–water partition coefficient (Wildman–Crippen LogP) is 0.823. The van der Waals surface area contributed by atoms with E-state index in [1.54, 1.807) is 4.90 Å². The second kappa shape index (κ2) is 8.69. The van der Waals surface area contributed by atoms with Crippen molar-refractivity contribution >= 4 is 32.6 Å². The molecule has 1 aromatic heterocycles. The Hall–Kier alpha value is -2.16. The molecule has 0 spiro atoms. The van der Waals surface area contributed by atoms with E-state index in [-0.39, 0.29) is 11.7 Å². The fourth-order valence-corrected chi connectivity index (χ4v) is 4.26. The van der Waals surface area contributed by atoms with Gasteiger partial charge in [-0.25, -0.2) is 4.98 Å². The second-order valence-corrected chi connectivity index (χ2v) is 7.60. The van der Waals surface area contributed by atoms with Gasteiger partial charge in [0.05, 0.1) is 30.0 Å². The number of aromatic nitrogens is 1. The standard InChI is InChI=1S/C19H23N3O4S/c23-18(16-14-25-12-13-26-16)22(7-3-6-21-8-10-24-11-9-21)19-20-15-4-1-2-5-17(15)27-19/h1-2,4-5,14H,3,6-13H2/p+1. The Morgan fingerprint density at radius 3 is 2.81 bits per heavy atom. The van der Waals surface area contributed by atoms with Crippen LogP contribution < -0.4 is 9.80 Å². The monoisotopic (exact) mass is 390 g/mol. The number of quaternary nitrogens is 1. The van der Waals surface area contributed by atoms with Crippen molar-refractivity contribution in [3.05, 3.63) is 36.3 Å². The largest absolute Gasteiger partial charge is 0.494 e. The topological polar surface area (TPSA) is 65.3 Å². The number of morpholine rings is 1. The van der Waals surface area contributed by atoms with Gasteiger partial charge in [-0.2, -0.15) is 0 Å². The average Bonchev–Trinajstić information content (AvgIpc) is 3.16. The lowest BCUT2D eigenvalue weighted by Crippen LogP contribution is -3.14. The lowest BCUT2D eigenvalue weighted by molar-refractivity contribution is -0.908. The van der Waals surface area contributed by atoms with E-state index in [0.717, 1.165) is 49.5 Å². The van der Waals surface area contributed by atoms with Crippen LogP contribution in [0.2, 0.25) is 0 Å². The minimum Gasteiger partial charge on any atom is -0.494 e. The number of hydrogen-bond donors (Lipinski definition) is 1. The first-order chi connectivity index (χ1) is 13.3. The van der Waals surface area contributed by atoms with Crippen LogP contribution in [0.15, 0.2) is 36.3 Å². The summed E-state index contributed by atoms with van der Waals surface area (Å²) in [6, 6.07) is 7.94. The highest BCUT2D eigenvalue weighted by Crippen LogP contribution is 2.29. The van der Waals surface area contributed by atoms with Crippen LogP contribution in [0, 0.1) is 0 Å². The Morgan fingerprint density at radius 2 is 2.04 bits per heavy atom. The van der Waals surface area contributed by atoms with Crippen LogP contribution >= 0.6 is 11.3 Å². The lowest BCUT2D eigenvalue weighted by Gasteiger charge is -2.26. The summed E-state index contributed by atoms with van der Waals surface area (Å²) >= 11 is 1.53. The molecule has 0 atom stereocenters. The van der Waals surface area contributed by atoms with Gasteiger partial charge in [0.1, 0.15) is 32.6 Å². The van der Waals surface area contributed by atoms with Crippen molar-refractivity contribution in [2.45, 2.75) is 6.42 Å². The fraction of sp³-hybridized carbons (Fsp3) is 0.474. The number of benzene rings is 1. The van der Waals surface area contributed by atoms with Gasteiger partial charge in [-0.05, 0) is 12.1 Å². The molecule has 0 radical (unpaired) electrons. The molecule has 2 aromatic rings. The summed E-state index contributed by atoms with van der Waals surface area (Å²) in [4.78, 5) is 21.0. The molecule has 0 unspecified atom stereocenters. The Kier molecular flexibility index (Phi) is 5.86. The Bertz CT molecular complexity index is 783. The first-order valence-electron chi connectivity index (χ1n) is 9.34. The van der Waals surface area contributed by atoms with Crippen LogP contribution in [0.5, 0.6) is 0 Å². The molecular formula is C19H24N3O4S+. The van der Waals surface area contributed by atoms with Crippen LogP contribution in [0.25, 0.3) is 10.2 Å². The molecule has 2 aliphatic rings. The van der Waals surface area contributed by atoms with E-state index < -0.39 is 0 Å². The number of ether oxygens (including phenoxy) is 3. The van der Waals surface area contributed by atoms with Crippen molar-refractivity contribution in [2.75, 3.05) is 57.5 Å². The molecule has 4 rings (SSSR count). The lowest BCUT2D eigenvalue weighted by atomic mass is 10.3. The molecule has 1 saturated heterocycles. The normalized spacial score (nSPS) is 17.9. The van der Waals surface area contributed by atoms with Crippen molar-refractivity contribution in [2.24, 2.45) is 0 Å². The van der Waals surface area contributed by atoms with Crippen LogP contribution in [0.1, 0.15) is 6.42 Å². The van der Waals surface area contributed by atoms with Gasteiger partial charge in [0.15, 0.2) is 5.13 Å². The molecule has 7 nitrogen and oxygen atoms in total. The van der Waals surface area contributed by atoms with E-state index in [1.165, 1.54) is 22.5 Å². The molecule has 0 saturated carbocycles. The number of hydrogen-bond acceptors (Lipinski definition) is 6. The highest BCUT2D eigenvalue weighted by atomic mass is 32.1. The Balaban J connectivity index is 1.50. The fourth-order valence-electron chi connectivity index (χ4n) is 3.27. The number of carbonyl (C=O) groups excluding carboxylic acids is 1. The van der Waals surface area contributed by atoms with Crippen molar-refractivity contribution < 1.29 is 23.9 Å². The molecule has 1 fully saturated rings. The summed E-state index contributed by atoms with van der Waals surface area (Å²) in [5.74, 6) is 0.0601. The maximum Gasteiger partial charge on any atom is 0.298 e. The van der Waals surface area contributed by atoms with E-state index in [9.17, 15) is 4.79 Å². The molecule has 3 heterocycles. The zero-order chi connectivity index (χ0) is 18.5. The number of fused-ring (bicyclic) bond motifs is 1. The Morgan fingerprint density at radius 1 is 1.19 bits per heavy atom. The third kappa shape index (κ3) is 4.40. The molecule has 8 heteroatoms. The molecule has 144 valence electrons. The van der Waals surface area contributed by atoms with Gasteiger partial charge in [0, 0.05) is 13.0 Å². The van der Waals surface area contributed by atoms with E-state index in [2.05, 4.69) is 4.98 Å². The van der Waals surface area contributed by atoms with Gasteiger partial charge in [-0.15, -0.1) is 0 Å². The third-order valence-electron chi connectivity index (χ3n) is 4.73. The molecule has 1 amide bonds. The van der Waals surface area contributed by atoms with Crippen LogP contribution in [0.3, 0.4) is 0 Å². The summed E-state index contributed by atoms with van der Waals surface area (Å²) < 4.78 is 17.3. The number of carbonyl (C=O) groups is 1.